The van der Waals surface area contributed by atoms with Crippen LogP contribution in [0.5, 0.6) is 0 Å². The molecule has 0 N–H and O–H groups in total. The number of imide groups is 1. The zero-order valence-electron chi connectivity index (χ0n) is 8.08. The highest BCUT2D eigenvalue weighted by molar-refractivity contribution is 6.30. The number of hydrogen-bond donors (Lipinski definition) is 0. The Morgan fingerprint density at radius 3 is 2.67 bits per heavy atom. The van der Waals surface area contributed by atoms with Crippen LogP contribution in [0.3, 0.4) is 0 Å². The van der Waals surface area contributed by atoms with E-state index in [1.54, 1.807) is 0 Å². The molecule has 2 amide bonds. The number of alkyl halides is 1. The van der Waals surface area contributed by atoms with E-state index >= 15 is 0 Å². The Morgan fingerprint density at radius 1 is 1.33 bits per heavy atom. The summed E-state index contributed by atoms with van der Waals surface area (Å²) in [4.78, 5) is 24.9. The molecule has 0 bridgehead atoms. The van der Waals surface area contributed by atoms with E-state index in [2.05, 4.69) is 0 Å². The first kappa shape index (κ1) is 11.0. The van der Waals surface area contributed by atoms with Crippen LogP contribution in [0.1, 0.15) is 12.8 Å². The van der Waals surface area contributed by atoms with Crippen LogP contribution in [0.25, 0.3) is 0 Å². The standard InChI is InChI=1S/C10H11Cl2NO2/c11-3-4-13-9(14)7-2-1-6(12)5-8(7)10(13)15/h1,7-8H,2-5H2. The van der Waals surface area contributed by atoms with Crippen molar-refractivity contribution in [3.63, 3.8) is 0 Å². The highest BCUT2D eigenvalue weighted by Crippen LogP contribution is 2.38. The largest absolute Gasteiger partial charge is 0.281 e. The Morgan fingerprint density at radius 2 is 2.00 bits per heavy atom. The van der Waals surface area contributed by atoms with Gasteiger partial charge in [0.1, 0.15) is 0 Å². The fourth-order valence-electron chi connectivity index (χ4n) is 2.20. The van der Waals surface area contributed by atoms with E-state index in [4.69, 9.17) is 23.2 Å². The topological polar surface area (TPSA) is 37.4 Å². The summed E-state index contributed by atoms with van der Waals surface area (Å²) < 4.78 is 0. The van der Waals surface area contributed by atoms with Crippen molar-refractivity contribution in [2.24, 2.45) is 11.8 Å². The van der Waals surface area contributed by atoms with Crippen LogP contribution >= 0.6 is 23.2 Å². The molecule has 15 heavy (non-hydrogen) atoms. The molecule has 1 heterocycles. The van der Waals surface area contributed by atoms with Gasteiger partial charge in [0.05, 0.1) is 11.8 Å². The molecule has 2 atom stereocenters. The van der Waals surface area contributed by atoms with E-state index in [0.717, 1.165) is 0 Å². The highest BCUT2D eigenvalue weighted by atomic mass is 35.5. The Balaban J connectivity index is 2.20. The minimum atomic E-state index is -0.252. The summed E-state index contributed by atoms with van der Waals surface area (Å²) in [6.07, 6.45) is 2.90. The molecule has 82 valence electrons. The Labute approximate surface area is 98.0 Å². The first-order chi connectivity index (χ1) is 7.15. The predicted octanol–water partition coefficient (Wildman–Crippen LogP) is 1.74. The number of fused-ring (bicyclic) bond motifs is 1. The van der Waals surface area contributed by atoms with E-state index in [1.807, 2.05) is 6.08 Å². The summed E-state index contributed by atoms with van der Waals surface area (Å²) >= 11 is 11.4. The molecule has 1 saturated heterocycles. The quantitative estimate of drug-likeness (QED) is 0.551. The van der Waals surface area contributed by atoms with E-state index < -0.39 is 0 Å². The second-order valence-electron chi connectivity index (χ2n) is 3.82. The lowest BCUT2D eigenvalue weighted by atomic mass is 9.85. The van der Waals surface area contributed by atoms with Gasteiger partial charge in [-0.15, -0.1) is 11.6 Å². The lowest BCUT2D eigenvalue weighted by Gasteiger charge is -2.17. The van der Waals surface area contributed by atoms with Crippen LogP contribution in [-0.4, -0.2) is 29.1 Å². The zero-order valence-corrected chi connectivity index (χ0v) is 9.59. The molecule has 0 saturated carbocycles. The Kier molecular flexibility index (Phi) is 3.03. The monoisotopic (exact) mass is 247 g/mol. The lowest BCUT2D eigenvalue weighted by molar-refractivity contribution is -0.139. The van der Waals surface area contributed by atoms with Crippen molar-refractivity contribution in [2.75, 3.05) is 12.4 Å². The van der Waals surface area contributed by atoms with Gasteiger partial charge in [0.25, 0.3) is 0 Å². The fourth-order valence-corrected chi connectivity index (χ4v) is 2.63. The van der Waals surface area contributed by atoms with Gasteiger partial charge in [0, 0.05) is 17.5 Å². The van der Waals surface area contributed by atoms with Crippen molar-refractivity contribution in [2.45, 2.75) is 12.8 Å². The number of allylic oxidation sites excluding steroid dienone is 2. The van der Waals surface area contributed by atoms with Gasteiger partial charge in [-0.3, -0.25) is 14.5 Å². The molecule has 1 aliphatic heterocycles. The number of amides is 2. The summed E-state index contributed by atoms with van der Waals surface area (Å²) in [5, 5.41) is 0.685. The molecule has 0 aromatic heterocycles. The number of hydrogen-bond acceptors (Lipinski definition) is 2. The normalized spacial score (nSPS) is 30.5. The van der Waals surface area contributed by atoms with Crippen LogP contribution in [0.2, 0.25) is 0 Å². The van der Waals surface area contributed by atoms with Gasteiger partial charge in [0.15, 0.2) is 0 Å². The number of carbonyl (C=O) groups excluding carboxylic acids is 2. The Hall–Kier alpha value is -0.540. The number of nitrogens with zero attached hydrogens (tertiary/aromatic N) is 1. The van der Waals surface area contributed by atoms with Gasteiger partial charge in [-0.2, -0.15) is 0 Å². The smallest absolute Gasteiger partial charge is 0.233 e. The maximum absolute atomic E-state index is 11.8. The van der Waals surface area contributed by atoms with Crippen LogP contribution in [0.15, 0.2) is 11.1 Å². The first-order valence-corrected chi connectivity index (χ1v) is 5.82. The van der Waals surface area contributed by atoms with Crippen molar-refractivity contribution in [1.29, 1.82) is 0 Å². The third-order valence-corrected chi connectivity index (χ3v) is 3.45. The van der Waals surface area contributed by atoms with Gasteiger partial charge >= 0.3 is 0 Å². The number of carbonyl (C=O) groups is 2. The molecule has 3 nitrogen and oxygen atoms in total. The minimum Gasteiger partial charge on any atom is -0.281 e. The second kappa shape index (κ2) is 4.14. The number of rotatable bonds is 2. The average molecular weight is 248 g/mol. The molecule has 1 aliphatic carbocycles. The summed E-state index contributed by atoms with van der Waals surface area (Å²) in [5.41, 5.74) is 0. The second-order valence-corrected chi connectivity index (χ2v) is 4.68. The minimum absolute atomic E-state index is 0.0916. The molecule has 2 rings (SSSR count). The maximum atomic E-state index is 11.8. The van der Waals surface area contributed by atoms with Crippen molar-refractivity contribution < 1.29 is 9.59 Å². The summed E-state index contributed by atoms with van der Waals surface area (Å²) in [6, 6.07) is 0. The predicted molar refractivity (Wildman–Crippen MR) is 57.6 cm³/mol. The van der Waals surface area contributed by atoms with Crippen molar-refractivity contribution in [3.8, 4) is 0 Å². The van der Waals surface area contributed by atoms with Gasteiger partial charge in [-0.1, -0.05) is 17.7 Å². The summed E-state index contributed by atoms with van der Waals surface area (Å²) in [6.45, 7) is 0.309. The van der Waals surface area contributed by atoms with E-state index in [0.29, 0.717) is 24.4 Å². The van der Waals surface area contributed by atoms with Crippen LogP contribution < -0.4 is 0 Å². The molecule has 2 unspecified atom stereocenters. The number of halogens is 2. The SMILES string of the molecule is O=C1C2CC=C(Cl)CC2C(=O)N1CCCl. The molecular formula is C10H11Cl2NO2. The van der Waals surface area contributed by atoms with E-state index in [1.165, 1.54) is 4.90 Å². The fraction of sp³-hybridized carbons (Fsp3) is 0.600. The van der Waals surface area contributed by atoms with Crippen LogP contribution in [0.4, 0.5) is 0 Å². The van der Waals surface area contributed by atoms with Crippen LogP contribution in [0, 0.1) is 11.8 Å². The van der Waals surface area contributed by atoms with Crippen molar-refractivity contribution >= 4 is 35.0 Å². The molecular weight excluding hydrogens is 237 g/mol. The van der Waals surface area contributed by atoms with Gasteiger partial charge < -0.3 is 0 Å². The van der Waals surface area contributed by atoms with Gasteiger partial charge in [-0.25, -0.2) is 0 Å². The summed E-state index contributed by atoms with van der Waals surface area (Å²) in [7, 11) is 0. The van der Waals surface area contributed by atoms with Crippen molar-refractivity contribution in [1.82, 2.24) is 4.90 Å². The third-order valence-electron chi connectivity index (χ3n) is 2.97. The van der Waals surface area contributed by atoms with Gasteiger partial charge in [-0.05, 0) is 12.8 Å². The Bertz CT molecular complexity index is 340. The summed E-state index contributed by atoms with van der Waals surface area (Å²) in [5.74, 6) is -0.373. The molecule has 1 fully saturated rings. The molecule has 2 aliphatic rings. The number of likely N-dealkylation sites (tertiary alicyclic amines) is 1. The van der Waals surface area contributed by atoms with Crippen molar-refractivity contribution in [3.05, 3.63) is 11.1 Å². The maximum Gasteiger partial charge on any atom is 0.233 e. The zero-order chi connectivity index (χ0) is 11.0. The molecule has 0 spiro atoms. The molecule has 0 aromatic carbocycles. The third kappa shape index (κ3) is 1.79. The molecule has 5 heteroatoms. The lowest BCUT2D eigenvalue weighted by Crippen LogP contribution is -2.32. The van der Waals surface area contributed by atoms with E-state index in [9.17, 15) is 9.59 Å². The molecule has 0 radical (unpaired) electrons. The van der Waals surface area contributed by atoms with Gasteiger partial charge in [0.2, 0.25) is 11.8 Å². The average Bonchev–Trinajstić information content (AvgIpc) is 2.44. The van der Waals surface area contributed by atoms with E-state index in [-0.39, 0.29) is 29.5 Å². The van der Waals surface area contributed by atoms with Crippen LogP contribution in [-0.2, 0) is 9.59 Å². The highest BCUT2D eigenvalue weighted by Gasteiger charge is 2.47. The molecule has 0 aromatic rings. The first-order valence-electron chi connectivity index (χ1n) is 4.91.